The Hall–Kier alpha value is -1.68. The molecule has 1 saturated heterocycles. The highest BCUT2D eigenvalue weighted by Gasteiger charge is 2.23. The van der Waals surface area contributed by atoms with Gasteiger partial charge in [0.2, 0.25) is 0 Å². The molecule has 2 heterocycles. The fourth-order valence-electron chi connectivity index (χ4n) is 2.98. The first-order chi connectivity index (χ1) is 9.65. The molecular weight excluding hydrogens is 253 g/mol. The van der Waals surface area contributed by atoms with Gasteiger partial charge >= 0.3 is 0 Å². The summed E-state index contributed by atoms with van der Waals surface area (Å²) in [6.45, 7) is 4.20. The van der Waals surface area contributed by atoms with Crippen molar-refractivity contribution < 1.29 is 4.39 Å². The number of hydrogen-bond donors (Lipinski definition) is 1. The normalized spacial score (nSPS) is 22.9. The number of halogens is 1. The molecule has 0 amide bonds. The molecule has 0 radical (unpaired) electrons. The average molecular weight is 273 g/mol. The first-order valence-corrected chi connectivity index (χ1v) is 7.20. The van der Waals surface area contributed by atoms with Crippen molar-refractivity contribution in [3.63, 3.8) is 0 Å². The highest BCUT2D eigenvalue weighted by Crippen LogP contribution is 2.28. The van der Waals surface area contributed by atoms with Crippen LogP contribution in [0.2, 0.25) is 0 Å². The van der Waals surface area contributed by atoms with Crippen molar-refractivity contribution in [1.29, 1.82) is 0 Å². The zero-order valence-corrected chi connectivity index (χ0v) is 11.9. The molecule has 3 rings (SSSR count). The third kappa shape index (κ3) is 2.48. The third-order valence-electron chi connectivity index (χ3n) is 4.07. The Kier molecular flexibility index (Phi) is 3.57. The summed E-state index contributed by atoms with van der Waals surface area (Å²) in [5, 5.41) is 3.61. The fourth-order valence-corrected chi connectivity index (χ4v) is 2.98. The van der Waals surface area contributed by atoms with Crippen molar-refractivity contribution in [3.05, 3.63) is 47.8 Å². The molecule has 1 aliphatic heterocycles. The Morgan fingerprint density at radius 2 is 2.20 bits per heavy atom. The van der Waals surface area contributed by atoms with Crippen molar-refractivity contribution >= 4 is 0 Å². The van der Waals surface area contributed by atoms with Gasteiger partial charge in [0, 0.05) is 12.1 Å². The Bertz CT molecular complexity index is 606. The molecule has 2 unspecified atom stereocenters. The molecule has 0 bridgehead atoms. The van der Waals surface area contributed by atoms with Gasteiger partial charge in [-0.05, 0) is 50.8 Å². The number of nitrogens with one attached hydrogen (secondary N) is 1. The standard InChI is InChI=1S/C16H20FN3/c1-11-6-7-13(17)8-15(11)20-10-18-9-16(20)14-5-3-4-12(2)19-14/h6-10,12,14,19H,3-5H2,1-2H3. The predicted octanol–water partition coefficient (Wildman–Crippen LogP) is 3.52. The van der Waals surface area contributed by atoms with Gasteiger partial charge in [0.05, 0.1) is 23.9 Å². The number of imidazole rings is 1. The van der Waals surface area contributed by atoms with Gasteiger partial charge in [-0.1, -0.05) is 6.07 Å². The summed E-state index contributed by atoms with van der Waals surface area (Å²) >= 11 is 0. The van der Waals surface area contributed by atoms with Gasteiger partial charge in [0.15, 0.2) is 0 Å². The Morgan fingerprint density at radius 3 is 3.00 bits per heavy atom. The minimum atomic E-state index is -0.213. The second kappa shape index (κ2) is 5.37. The molecule has 1 aliphatic rings. The molecule has 1 aromatic heterocycles. The summed E-state index contributed by atoms with van der Waals surface area (Å²) < 4.78 is 15.5. The van der Waals surface area contributed by atoms with Crippen LogP contribution in [0.15, 0.2) is 30.7 Å². The van der Waals surface area contributed by atoms with E-state index in [0.29, 0.717) is 12.1 Å². The molecule has 1 aromatic carbocycles. The number of benzene rings is 1. The number of aromatic nitrogens is 2. The van der Waals surface area contributed by atoms with Crippen LogP contribution in [0.5, 0.6) is 0 Å². The highest BCUT2D eigenvalue weighted by atomic mass is 19.1. The zero-order valence-electron chi connectivity index (χ0n) is 11.9. The molecule has 0 aliphatic carbocycles. The molecule has 0 saturated carbocycles. The van der Waals surface area contributed by atoms with Crippen molar-refractivity contribution in [1.82, 2.24) is 14.9 Å². The molecular formula is C16H20FN3. The second-order valence-electron chi connectivity index (χ2n) is 5.67. The number of nitrogens with zero attached hydrogens (tertiary/aromatic N) is 2. The maximum Gasteiger partial charge on any atom is 0.125 e. The van der Waals surface area contributed by atoms with Gasteiger partial charge in [0.25, 0.3) is 0 Å². The van der Waals surface area contributed by atoms with Crippen molar-refractivity contribution in [2.24, 2.45) is 0 Å². The second-order valence-corrected chi connectivity index (χ2v) is 5.67. The lowest BCUT2D eigenvalue weighted by Crippen LogP contribution is -2.35. The van der Waals surface area contributed by atoms with E-state index in [1.165, 1.54) is 18.9 Å². The Balaban J connectivity index is 1.99. The number of hydrogen-bond acceptors (Lipinski definition) is 2. The van der Waals surface area contributed by atoms with Gasteiger partial charge in [-0.3, -0.25) is 0 Å². The number of piperidine rings is 1. The van der Waals surface area contributed by atoms with E-state index in [9.17, 15) is 4.39 Å². The molecule has 20 heavy (non-hydrogen) atoms. The van der Waals surface area contributed by atoms with Gasteiger partial charge in [-0.15, -0.1) is 0 Å². The molecule has 106 valence electrons. The lowest BCUT2D eigenvalue weighted by molar-refractivity contribution is 0.334. The smallest absolute Gasteiger partial charge is 0.125 e. The predicted molar refractivity (Wildman–Crippen MR) is 77.4 cm³/mol. The van der Waals surface area contributed by atoms with Crippen LogP contribution in [-0.2, 0) is 0 Å². The van der Waals surface area contributed by atoms with Crippen molar-refractivity contribution in [2.45, 2.75) is 45.2 Å². The van der Waals surface area contributed by atoms with Crippen LogP contribution in [-0.4, -0.2) is 15.6 Å². The van der Waals surface area contributed by atoms with E-state index >= 15 is 0 Å². The van der Waals surface area contributed by atoms with E-state index in [0.717, 1.165) is 23.4 Å². The van der Waals surface area contributed by atoms with Crippen LogP contribution in [0.4, 0.5) is 4.39 Å². The lowest BCUT2D eigenvalue weighted by atomic mass is 9.97. The first-order valence-electron chi connectivity index (χ1n) is 7.20. The molecule has 1 fully saturated rings. The maximum absolute atomic E-state index is 13.5. The number of aryl methyl sites for hydroxylation is 1. The summed E-state index contributed by atoms with van der Waals surface area (Å²) in [6, 6.07) is 5.70. The lowest BCUT2D eigenvalue weighted by Gasteiger charge is -2.29. The minimum absolute atomic E-state index is 0.213. The molecule has 1 N–H and O–H groups in total. The van der Waals surface area contributed by atoms with Crippen LogP contribution >= 0.6 is 0 Å². The molecule has 2 atom stereocenters. The topological polar surface area (TPSA) is 29.9 Å². The maximum atomic E-state index is 13.5. The average Bonchev–Trinajstić information content (AvgIpc) is 2.90. The van der Waals surface area contributed by atoms with Gasteiger partial charge in [-0.25, -0.2) is 9.37 Å². The van der Waals surface area contributed by atoms with Crippen molar-refractivity contribution in [2.75, 3.05) is 0 Å². The molecule has 0 spiro atoms. The van der Waals surface area contributed by atoms with Crippen LogP contribution in [0.3, 0.4) is 0 Å². The fraction of sp³-hybridized carbons (Fsp3) is 0.438. The Labute approximate surface area is 118 Å². The van der Waals surface area contributed by atoms with Crippen LogP contribution < -0.4 is 5.32 Å². The molecule has 3 nitrogen and oxygen atoms in total. The van der Waals surface area contributed by atoms with Crippen LogP contribution in [0.25, 0.3) is 5.69 Å². The van der Waals surface area contributed by atoms with Crippen LogP contribution in [0.1, 0.15) is 43.5 Å². The van der Waals surface area contributed by atoms with E-state index in [2.05, 4.69) is 17.2 Å². The summed E-state index contributed by atoms with van der Waals surface area (Å²) in [6.07, 6.45) is 7.19. The van der Waals surface area contributed by atoms with Gasteiger partial charge in [-0.2, -0.15) is 0 Å². The SMILES string of the molecule is Cc1ccc(F)cc1-n1cncc1C1CCCC(C)N1. The summed E-state index contributed by atoms with van der Waals surface area (Å²) in [7, 11) is 0. The van der Waals surface area contributed by atoms with E-state index in [-0.39, 0.29) is 5.82 Å². The van der Waals surface area contributed by atoms with E-state index in [1.807, 2.05) is 23.8 Å². The zero-order chi connectivity index (χ0) is 14.1. The molecule has 2 aromatic rings. The van der Waals surface area contributed by atoms with E-state index < -0.39 is 0 Å². The quantitative estimate of drug-likeness (QED) is 0.907. The van der Waals surface area contributed by atoms with Gasteiger partial charge in [0.1, 0.15) is 5.82 Å². The minimum Gasteiger partial charge on any atom is -0.306 e. The largest absolute Gasteiger partial charge is 0.306 e. The summed E-state index contributed by atoms with van der Waals surface area (Å²) in [4.78, 5) is 4.27. The third-order valence-corrected chi connectivity index (χ3v) is 4.07. The number of rotatable bonds is 2. The van der Waals surface area contributed by atoms with Gasteiger partial charge < -0.3 is 9.88 Å². The first kappa shape index (κ1) is 13.3. The van der Waals surface area contributed by atoms with Crippen LogP contribution in [0, 0.1) is 12.7 Å². The highest BCUT2D eigenvalue weighted by molar-refractivity contribution is 5.42. The Morgan fingerprint density at radius 1 is 1.35 bits per heavy atom. The summed E-state index contributed by atoms with van der Waals surface area (Å²) in [5.74, 6) is -0.213. The van der Waals surface area contributed by atoms with E-state index in [4.69, 9.17) is 0 Å². The van der Waals surface area contributed by atoms with Crippen molar-refractivity contribution in [3.8, 4) is 5.69 Å². The molecule has 4 heteroatoms. The van der Waals surface area contributed by atoms with E-state index in [1.54, 1.807) is 12.4 Å². The summed E-state index contributed by atoms with van der Waals surface area (Å²) in [5.41, 5.74) is 3.04. The monoisotopic (exact) mass is 273 g/mol.